The van der Waals surface area contributed by atoms with Crippen LogP contribution in [0, 0.1) is 5.82 Å². The van der Waals surface area contributed by atoms with Gasteiger partial charge in [-0.25, -0.2) is 9.37 Å². The van der Waals surface area contributed by atoms with Gasteiger partial charge in [0.05, 0.1) is 6.20 Å². The lowest BCUT2D eigenvalue weighted by Crippen LogP contribution is -1.97. The van der Waals surface area contributed by atoms with Crippen molar-refractivity contribution in [1.82, 2.24) is 14.8 Å². The third-order valence-electron chi connectivity index (χ3n) is 3.02. The molecular formula is C15H15FN4S. The van der Waals surface area contributed by atoms with Crippen molar-refractivity contribution in [3.05, 3.63) is 64.7 Å². The number of aryl methyl sites for hydroxylation is 1. The number of hydrogen-bond donors (Lipinski definition) is 1. The molecule has 0 amide bonds. The summed E-state index contributed by atoms with van der Waals surface area (Å²) in [4.78, 5) is 5.45. The van der Waals surface area contributed by atoms with Crippen LogP contribution >= 0.6 is 11.3 Å². The molecule has 0 radical (unpaired) electrons. The number of anilines is 1. The normalized spacial score (nSPS) is 10.8. The first kappa shape index (κ1) is 13.8. The maximum absolute atomic E-state index is 13.2. The number of hydrogen-bond acceptors (Lipinski definition) is 4. The molecule has 21 heavy (non-hydrogen) atoms. The zero-order chi connectivity index (χ0) is 14.7. The number of benzene rings is 1. The molecule has 0 unspecified atom stereocenters. The number of aromatic nitrogens is 3. The van der Waals surface area contributed by atoms with Gasteiger partial charge in [-0.05, 0) is 17.7 Å². The smallest absolute Gasteiger partial charge is 0.183 e. The van der Waals surface area contributed by atoms with Crippen molar-refractivity contribution in [2.75, 3.05) is 5.32 Å². The van der Waals surface area contributed by atoms with Crippen LogP contribution in [0.2, 0.25) is 0 Å². The first-order valence-electron chi connectivity index (χ1n) is 6.59. The topological polar surface area (TPSA) is 42.7 Å². The molecule has 0 saturated carbocycles. The third-order valence-corrected chi connectivity index (χ3v) is 3.98. The molecule has 0 spiro atoms. The van der Waals surface area contributed by atoms with E-state index in [1.54, 1.807) is 28.2 Å². The predicted octanol–water partition coefficient (Wildman–Crippen LogP) is 3.22. The van der Waals surface area contributed by atoms with Crippen LogP contribution < -0.4 is 5.32 Å². The van der Waals surface area contributed by atoms with Crippen molar-refractivity contribution in [3.63, 3.8) is 0 Å². The summed E-state index contributed by atoms with van der Waals surface area (Å²) < 4.78 is 14.9. The van der Waals surface area contributed by atoms with Gasteiger partial charge in [0, 0.05) is 42.8 Å². The quantitative estimate of drug-likeness (QED) is 0.787. The van der Waals surface area contributed by atoms with E-state index in [1.165, 1.54) is 6.07 Å². The predicted molar refractivity (Wildman–Crippen MR) is 81.9 cm³/mol. The summed E-state index contributed by atoms with van der Waals surface area (Å²) in [6.45, 7) is 0.695. The summed E-state index contributed by atoms with van der Waals surface area (Å²) in [5, 5.41) is 8.26. The molecule has 0 saturated heterocycles. The van der Waals surface area contributed by atoms with Gasteiger partial charge >= 0.3 is 0 Å². The van der Waals surface area contributed by atoms with Crippen LogP contribution in [0.5, 0.6) is 0 Å². The molecule has 108 valence electrons. The van der Waals surface area contributed by atoms with Crippen molar-refractivity contribution in [2.24, 2.45) is 7.05 Å². The molecule has 3 rings (SSSR count). The number of nitrogens with zero attached hydrogens (tertiary/aromatic N) is 3. The van der Waals surface area contributed by atoms with Gasteiger partial charge in [-0.3, -0.25) is 4.68 Å². The fourth-order valence-electron chi connectivity index (χ4n) is 2.06. The average Bonchev–Trinajstić information content (AvgIpc) is 3.06. The third kappa shape index (κ3) is 3.66. The van der Waals surface area contributed by atoms with E-state index in [0.717, 1.165) is 21.1 Å². The summed E-state index contributed by atoms with van der Waals surface area (Å²) in [7, 11) is 1.89. The SMILES string of the molecule is Cn1cc(CNc2ncc(Cc3cccc(F)c3)s2)cn1. The Morgan fingerprint density at radius 3 is 2.95 bits per heavy atom. The molecule has 6 heteroatoms. The highest BCUT2D eigenvalue weighted by Gasteiger charge is 2.04. The minimum absolute atomic E-state index is 0.202. The average molecular weight is 302 g/mol. The molecule has 4 nitrogen and oxygen atoms in total. The maximum Gasteiger partial charge on any atom is 0.183 e. The van der Waals surface area contributed by atoms with Crippen molar-refractivity contribution in [2.45, 2.75) is 13.0 Å². The Bertz CT molecular complexity index is 735. The molecule has 0 aliphatic rings. The van der Waals surface area contributed by atoms with E-state index in [2.05, 4.69) is 15.4 Å². The monoisotopic (exact) mass is 302 g/mol. The molecule has 0 atom stereocenters. The fourth-order valence-corrected chi connectivity index (χ4v) is 2.90. The van der Waals surface area contributed by atoms with Gasteiger partial charge in [0.25, 0.3) is 0 Å². The maximum atomic E-state index is 13.2. The highest BCUT2D eigenvalue weighted by molar-refractivity contribution is 7.15. The molecule has 1 N–H and O–H groups in total. The standard InChI is InChI=1S/C15H15FN4S/c1-20-10-12(8-19-20)7-17-15-18-9-14(21-15)6-11-3-2-4-13(16)5-11/h2-5,8-10H,6-7H2,1H3,(H,17,18). The van der Waals surface area contributed by atoms with Gasteiger partial charge in [0.2, 0.25) is 0 Å². The first-order chi connectivity index (χ1) is 10.2. The van der Waals surface area contributed by atoms with Crippen molar-refractivity contribution < 1.29 is 4.39 Å². The number of rotatable bonds is 5. The minimum Gasteiger partial charge on any atom is -0.357 e. The van der Waals surface area contributed by atoms with Crippen LogP contribution in [0.15, 0.2) is 42.9 Å². The van der Waals surface area contributed by atoms with Gasteiger partial charge < -0.3 is 5.32 Å². The minimum atomic E-state index is -0.202. The Morgan fingerprint density at radius 1 is 1.29 bits per heavy atom. The van der Waals surface area contributed by atoms with E-state index in [9.17, 15) is 4.39 Å². The second kappa shape index (κ2) is 6.05. The van der Waals surface area contributed by atoms with E-state index >= 15 is 0 Å². The number of thiazole rings is 1. The molecule has 2 heterocycles. The highest BCUT2D eigenvalue weighted by Crippen LogP contribution is 2.22. The number of nitrogens with one attached hydrogen (secondary N) is 1. The van der Waals surface area contributed by atoms with Crippen LogP contribution in [0.4, 0.5) is 9.52 Å². The largest absolute Gasteiger partial charge is 0.357 e. The van der Waals surface area contributed by atoms with E-state index in [0.29, 0.717) is 13.0 Å². The molecule has 2 aromatic heterocycles. The lowest BCUT2D eigenvalue weighted by atomic mass is 10.1. The summed E-state index contributed by atoms with van der Waals surface area (Å²) in [5.41, 5.74) is 2.07. The number of halogens is 1. The molecule has 1 aromatic carbocycles. The lowest BCUT2D eigenvalue weighted by Gasteiger charge is -1.99. The van der Waals surface area contributed by atoms with Crippen molar-refractivity contribution in [1.29, 1.82) is 0 Å². The van der Waals surface area contributed by atoms with Gasteiger partial charge in [0.1, 0.15) is 5.82 Å². The molecule has 3 aromatic rings. The second-order valence-corrected chi connectivity index (χ2v) is 5.93. The van der Waals surface area contributed by atoms with E-state index in [1.807, 2.05) is 31.7 Å². The van der Waals surface area contributed by atoms with Gasteiger partial charge in [-0.15, -0.1) is 11.3 Å². The molecular weight excluding hydrogens is 287 g/mol. The first-order valence-corrected chi connectivity index (χ1v) is 7.41. The highest BCUT2D eigenvalue weighted by atomic mass is 32.1. The van der Waals surface area contributed by atoms with Crippen LogP contribution in [0.3, 0.4) is 0 Å². The Hall–Kier alpha value is -2.21. The molecule has 0 bridgehead atoms. The van der Waals surface area contributed by atoms with E-state index < -0.39 is 0 Å². The van der Waals surface area contributed by atoms with Crippen LogP contribution in [0.1, 0.15) is 16.0 Å². The van der Waals surface area contributed by atoms with Gasteiger partial charge in [-0.1, -0.05) is 12.1 Å². The van der Waals surface area contributed by atoms with Crippen LogP contribution in [0.25, 0.3) is 0 Å². The Kier molecular flexibility index (Phi) is 3.96. The lowest BCUT2D eigenvalue weighted by molar-refractivity contribution is 0.626. The summed E-state index contributed by atoms with van der Waals surface area (Å²) in [5.74, 6) is -0.202. The zero-order valence-corrected chi connectivity index (χ0v) is 12.4. The van der Waals surface area contributed by atoms with E-state index in [4.69, 9.17) is 0 Å². The summed E-state index contributed by atoms with van der Waals surface area (Å²) in [6, 6.07) is 6.66. The molecule has 0 fully saturated rings. The molecule has 0 aliphatic carbocycles. The zero-order valence-electron chi connectivity index (χ0n) is 11.6. The Labute approximate surface area is 126 Å². The van der Waals surface area contributed by atoms with Gasteiger partial charge in [0.15, 0.2) is 5.13 Å². The van der Waals surface area contributed by atoms with Crippen LogP contribution in [-0.4, -0.2) is 14.8 Å². The van der Waals surface area contributed by atoms with Crippen LogP contribution in [-0.2, 0) is 20.0 Å². The van der Waals surface area contributed by atoms with Crippen molar-refractivity contribution >= 4 is 16.5 Å². The fraction of sp³-hybridized carbons (Fsp3) is 0.200. The Morgan fingerprint density at radius 2 is 2.19 bits per heavy atom. The van der Waals surface area contributed by atoms with E-state index in [-0.39, 0.29) is 5.82 Å². The van der Waals surface area contributed by atoms with Gasteiger partial charge in [-0.2, -0.15) is 5.10 Å². The van der Waals surface area contributed by atoms with Crippen molar-refractivity contribution in [3.8, 4) is 0 Å². The summed E-state index contributed by atoms with van der Waals surface area (Å²) >= 11 is 1.59. The summed E-state index contributed by atoms with van der Waals surface area (Å²) in [6.07, 6.45) is 6.33. The Balaban J connectivity index is 1.61. The second-order valence-electron chi connectivity index (χ2n) is 4.81. The molecule has 0 aliphatic heterocycles.